The highest BCUT2D eigenvalue weighted by Gasteiger charge is 2.13. The van der Waals surface area contributed by atoms with Gasteiger partial charge in [-0.05, 0) is 30.7 Å². The van der Waals surface area contributed by atoms with E-state index in [0.717, 1.165) is 17.9 Å². The normalized spacial score (nSPS) is 20.3. The molecular weight excluding hydrogens is 244 g/mol. The first kappa shape index (κ1) is 12.5. The van der Waals surface area contributed by atoms with Crippen molar-refractivity contribution < 1.29 is 13.5 Å². The standard InChI is InChI=1S/C12H15F2NOS/c13-12(14)16-11-5-1-3-9(7-11)15-10-4-2-6-17-8-10/h1,3,5,7,10,12,15H,2,4,6,8H2. The molecule has 2 rings (SSSR count). The van der Waals surface area contributed by atoms with Gasteiger partial charge >= 0.3 is 6.61 Å². The summed E-state index contributed by atoms with van der Waals surface area (Å²) in [5.41, 5.74) is 0.843. The van der Waals surface area contributed by atoms with Crippen LogP contribution in [0, 0.1) is 0 Å². The summed E-state index contributed by atoms with van der Waals surface area (Å²) in [5.74, 6) is 2.49. The number of alkyl halides is 2. The molecule has 1 aromatic carbocycles. The summed E-state index contributed by atoms with van der Waals surface area (Å²) in [6.45, 7) is -2.77. The Bertz CT molecular complexity index is 356. The van der Waals surface area contributed by atoms with Crippen LogP contribution in [0.1, 0.15) is 12.8 Å². The van der Waals surface area contributed by atoms with Crippen LogP contribution in [0.15, 0.2) is 24.3 Å². The molecule has 0 bridgehead atoms. The molecule has 0 saturated carbocycles. The van der Waals surface area contributed by atoms with Crippen LogP contribution >= 0.6 is 11.8 Å². The third kappa shape index (κ3) is 4.07. The summed E-state index contributed by atoms with van der Waals surface area (Å²) >= 11 is 1.92. The van der Waals surface area contributed by atoms with Crippen LogP contribution in [0.4, 0.5) is 14.5 Å². The van der Waals surface area contributed by atoms with E-state index in [4.69, 9.17) is 0 Å². The van der Waals surface area contributed by atoms with Gasteiger partial charge in [-0.2, -0.15) is 20.5 Å². The lowest BCUT2D eigenvalue weighted by Crippen LogP contribution is -2.25. The van der Waals surface area contributed by atoms with E-state index in [9.17, 15) is 8.78 Å². The minimum absolute atomic E-state index is 0.202. The zero-order chi connectivity index (χ0) is 12.1. The van der Waals surface area contributed by atoms with Gasteiger partial charge in [0.1, 0.15) is 5.75 Å². The number of ether oxygens (including phenoxy) is 1. The smallest absolute Gasteiger partial charge is 0.387 e. The average Bonchev–Trinajstić information content (AvgIpc) is 2.30. The van der Waals surface area contributed by atoms with Gasteiger partial charge in [0.15, 0.2) is 0 Å². The molecule has 0 radical (unpaired) electrons. The minimum Gasteiger partial charge on any atom is -0.435 e. The number of benzene rings is 1. The Kier molecular flexibility index (Phi) is 4.48. The number of anilines is 1. The lowest BCUT2D eigenvalue weighted by atomic mass is 10.1. The van der Waals surface area contributed by atoms with Crippen molar-refractivity contribution in [1.29, 1.82) is 0 Å². The Hall–Kier alpha value is -0.970. The summed E-state index contributed by atoms with van der Waals surface area (Å²) in [6.07, 6.45) is 2.34. The lowest BCUT2D eigenvalue weighted by molar-refractivity contribution is -0.0498. The number of halogens is 2. The summed E-state index contributed by atoms with van der Waals surface area (Å²) < 4.78 is 28.5. The van der Waals surface area contributed by atoms with Gasteiger partial charge in [0.2, 0.25) is 0 Å². The van der Waals surface area contributed by atoms with Crippen molar-refractivity contribution in [2.75, 3.05) is 16.8 Å². The van der Waals surface area contributed by atoms with Crippen molar-refractivity contribution in [1.82, 2.24) is 0 Å². The van der Waals surface area contributed by atoms with Crippen molar-refractivity contribution >= 4 is 17.4 Å². The summed E-state index contributed by atoms with van der Waals surface area (Å²) in [4.78, 5) is 0. The van der Waals surface area contributed by atoms with Crippen LogP contribution in [0.2, 0.25) is 0 Å². The van der Waals surface area contributed by atoms with Gasteiger partial charge in [0.25, 0.3) is 0 Å². The number of hydrogen-bond donors (Lipinski definition) is 1. The third-order valence-electron chi connectivity index (χ3n) is 2.59. The molecule has 0 spiro atoms. The van der Waals surface area contributed by atoms with Gasteiger partial charge in [-0.15, -0.1) is 0 Å². The fourth-order valence-corrected chi connectivity index (χ4v) is 2.92. The molecule has 17 heavy (non-hydrogen) atoms. The van der Waals surface area contributed by atoms with Gasteiger partial charge in [0, 0.05) is 23.5 Å². The molecule has 1 aliphatic rings. The molecule has 1 aromatic rings. The Morgan fingerprint density at radius 1 is 1.41 bits per heavy atom. The van der Waals surface area contributed by atoms with E-state index < -0.39 is 6.61 Å². The molecular formula is C12H15F2NOS. The van der Waals surface area contributed by atoms with E-state index in [1.807, 2.05) is 17.8 Å². The second kappa shape index (κ2) is 6.10. The SMILES string of the molecule is FC(F)Oc1cccc(NC2CCCSC2)c1. The molecule has 1 fully saturated rings. The van der Waals surface area contributed by atoms with Crippen molar-refractivity contribution in [3.8, 4) is 5.75 Å². The van der Waals surface area contributed by atoms with E-state index in [2.05, 4.69) is 10.1 Å². The van der Waals surface area contributed by atoms with E-state index in [-0.39, 0.29) is 5.75 Å². The van der Waals surface area contributed by atoms with Gasteiger partial charge in [-0.3, -0.25) is 0 Å². The van der Waals surface area contributed by atoms with Crippen LogP contribution in [-0.2, 0) is 0 Å². The Labute approximate surface area is 104 Å². The average molecular weight is 259 g/mol. The zero-order valence-electron chi connectivity index (χ0n) is 9.36. The number of nitrogens with one attached hydrogen (secondary N) is 1. The van der Waals surface area contributed by atoms with Crippen molar-refractivity contribution in [2.45, 2.75) is 25.5 Å². The first-order valence-corrected chi connectivity index (χ1v) is 6.78. The zero-order valence-corrected chi connectivity index (χ0v) is 10.2. The van der Waals surface area contributed by atoms with Crippen LogP contribution < -0.4 is 10.1 Å². The van der Waals surface area contributed by atoms with Gasteiger partial charge in [-0.1, -0.05) is 6.07 Å². The fraction of sp³-hybridized carbons (Fsp3) is 0.500. The predicted octanol–water partition coefficient (Wildman–Crippen LogP) is 3.60. The number of hydrogen-bond acceptors (Lipinski definition) is 3. The maximum Gasteiger partial charge on any atom is 0.387 e. The third-order valence-corrected chi connectivity index (χ3v) is 3.81. The molecule has 0 aromatic heterocycles. The lowest BCUT2D eigenvalue weighted by Gasteiger charge is -2.23. The molecule has 1 aliphatic heterocycles. The number of rotatable bonds is 4. The molecule has 1 unspecified atom stereocenters. The van der Waals surface area contributed by atoms with Gasteiger partial charge < -0.3 is 10.1 Å². The van der Waals surface area contributed by atoms with E-state index >= 15 is 0 Å². The molecule has 1 atom stereocenters. The largest absolute Gasteiger partial charge is 0.435 e. The van der Waals surface area contributed by atoms with Gasteiger partial charge in [-0.25, -0.2) is 0 Å². The first-order valence-electron chi connectivity index (χ1n) is 5.63. The van der Waals surface area contributed by atoms with Crippen molar-refractivity contribution in [3.63, 3.8) is 0 Å². The molecule has 0 amide bonds. The summed E-state index contributed by atoms with van der Waals surface area (Å²) in [5, 5.41) is 3.35. The molecule has 1 heterocycles. The maximum absolute atomic E-state index is 12.1. The monoisotopic (exact) mass is 259 g/mol. The minimum atomic E-state index is -2.77. The molecule has 94 valence electrons. The molecule has 0 aliphatic carbocycles. The maximum atomic E-state index is 12.1. The van der Waals surface area contributed by atoms with Crippen LogP contribution in [-0.4, -0.2) is 24.2 Å². The van der Waals surface area contributed by atoms with Crippen molar-refractivity contribution in [2.24, 2.45) is 0 Å². The Balaban J connectivity index is 1.95. The highest BCUT2D eigenvalue weighted by molar-refractivity contribution is 7.99. The van der Waals surface area contributed by atoms with Crippen molar-refractivity contribution in [3.05, 3.63) is 24.3 Å². The molecule has 2 nitrogen and oxygen atoms in total. The molecule has 1 N–H and O–H groups in total. The fourth-order valence-electron chi connectivity index (χ4n) is 1.85. The Morgan fingerprint density at radius 2 is 2.29 bits per heavy atom. The van der Waals surface area contributed by atoms with Crippen LogP contribution in [0.25, 0.3) is 0 Å². The predicted molar refractivity (Wildman–Crippen MR) is 67.0 cm³/mol. The highest BCUT2D eigenvalue weighted by atomic mass is 32.2. The molecule has 1 saturated heterocycles. The van der Waals surface area contributed by atoms with E-state index in [1.165, 1.54) is 18.2 Å². The van der Waals surface area contributed by atoms with E-state index in [0.29, 0.717) is 6.04 Å². The van der Waals surface area contributed by atoms with Crippen LogP contribution in [0.3, 0.4) is 0 Å². The summed E-state index contributed by atoms with van der Waals surface area (Å²) in [7, 11) is 0. The number of thioether (sulfide) groups is 1. The topological polar surface area (TPSA) is 21.3 Å². The van der Waals surface area contributed by atoms with Crippen LogP contribution in [0.5, 0.6) is 5.75 Å². The Morgan fingerprint density at radius 3 is 3.00 bits per heavy atom. The second-order valence-electron chi connectivity index (χ2n) is 3.96. The second-order valence-corrected chi connectivity index (χ2v) is 5.11. The summed E-state index contributed by atoms with van der Waals surface area (Å²) in [6, 6.07) is 7.17. The quantitative estimate of drug-likeness (QED) is 0.892. The van der Waals surface area contributed by atoms with Gasteiger partial charge in [0.05, 0.1) is 0 Å². The first-order chi connectivity index (χ1) is 8.24. The van der Waals surface area contributed by atoms with E-state index in [1.54, 1.807) is 12.1 Å². The molecule has 5 heteroatoms. The highest BCUT2D eigenvalue weighted by Crippen LogP contribution is 2.24.